The molecule has 0 aromatic heterocycles. The molecule has 0 spiro atoms. The first-order valence-electron chi connectivity index (χ1n) is 4.27. The summed E-state index contributed by atoms with van der Waals surface area (Å²) in [5, 5.41) is 22.0. The van der Waals surface area contributed by atoms with Crippen molar-refractivity contribution >= 4 is 11.7 Å². The number of rotatable bonds is 1. The van der Waals surface area contributed by atoms with Crippen LogP contribution in [0.3, 0.4) is 0 Å². The van der Waals surface area contributed by atoms with Gasteiger partial charge in [-0.2, -0.15) is 0 Å². The van der Waals surface area contributed by atoms with E-state index >= 15 is 0 Å². The summed E-state index contributed by atoms with van der Waals surface area (Å²) >= 11 is 0. The number of hydrogen-bond acceptors (Lipinski definition) is 4. The van der Waals surface area contributed by atoms with E-state index in [1.165, 1.54) is 0 Å². The van der Waals surface area contributed by atoms with Gasteiger partial charge in [0.25, 0.3) is 0 Å². The molecule has 0 saturated carbocycles. The van der Waals surface area contributed by atoms with Crippen LogP contribution in [0.15, 0.2) is 0 Å². The highest BCUT2D eigenvalue weighted by Gasteiger charge is 2.60. The predicted octanol–water partition coefficient (Wildman–Crippen LogP) is -0.357. The lowest BCUT2D eigenvalue weighted by molar-refractivity contribution is -0.539. The standard InChI is InChI=1S/C8H15N3O3/c1-7(2)8(3,4)11(14)6(5(9)12)10(7)13/h13H,1-4H3,(H2,9,12). The Hall–Kier alpha value is -1.30. The second-order valence-electron chi connectivity index (χ2n) is 4.41. The molecule has 6 nitrogen and oxygen atoms in total. The van der Waals surface area contributed by atoms with E-state index in [0.29, 0.717) is 9.80 Å². The van der Waals surface area contributed by atoms with Crippen LogP contribution in [0.25, 0.3) is 0 Å². The van der Waals surface area contributed by atoms with Crippen LogP contribution in [0, 0.1) is 5.21 Å². The summed E-state index contributed by atoms with van der Waals surface area (Å²) in [6.45, 7) is 6.60. The number of amidine groups is 1. The average Bonchev–Trinajstić information content (AvgIpc) is 2.12. The Labute approximate surface area is 82.2 Å². The summed E-state index contributed by atoms with van der Waals surface area (Å²) in [6.07, 6.45) is 0. The van der Waals surface area contributed by atoms with E-state index in [1.807, 2.05) is 0 Å². The molecule has 0 radical (unpaired) electrons. The van der Waals surface area contributed by atoms with Gasteiger partial charge in [-0.1, -0.05) is 0 Å². The van der Waals surface area contributed by atoms with Gasteiger partial charge in [0.15, 0.2) is 5.54 Å². The Morgan fingerprint density at radius 3 is 2.07 bits per heavy atom. The molecule has 1 aliphatic rings. The monoisotopic (exact) mass is 201 g/mol. The predicted molar refractivity (Wildman–Crippen MR) is 49.6 cm³/mol. The molecule has 1 heterocycles. The molecule has 0 bridgehead atoms. The van der Waals surface area contributed by atoms with E-state index in [-0.39, 0.29) is 0 Å². The lowest BCUT2D eigenvalue weighted by Crippen LogP contribution is -2.54. The molecule has 1 amide bonds. The smallest absolute Gasteiger partial charge is 0.372 e. The first-order chi connectivity index (χ1) is 6.14. The summed E-state index contributed by atoms with van der Waals surface area (Å²) < 4.78 is 0.454. The van der Waals surface area contributed by atoms with Crippen LogP contribution >= 0.6 is 0 Å². The summed E-state index contributed by atoms with van der Waals surface area (Å²) in [5.74, 6) is -1.35. The molecule has 0 aliphatic carbocycles. The van der Waals surface area contributed by atoms with Gasteiger partial charge < -0.3 is 10.9 Å². The van der Waals surface area contributed by atoms with E-state index in [9.17, 15) is 15.2 Å². The van der Waals surface area contributed by atoms with Crippen molar-refractivity contribution in [2.24, 2.45) is 5.73 Å². The van der Waals surface area contributed by atoms with Crippen LogP contribution in [0.5, 0.6) is 0 Å². The molecule has 14 heavy (non-hydrogen) atoms. The third kappa shape index (κ3) is 1.00. The Kier molecular flexibility index (Phi) is 2.00. The average molecular weight is 201 g/mol. The van der Waals surface area contributed by atoms with Gasteiger partial charge in [-0.3, -0.25) is 9.53 Å². The van der Waals surface area contributed by atoms with Crippen LogP contribution < -0.4 is 5.73 Å². The molecule has 1 aliphatic heterocycles. The van der Waals surface area contributed by atoms with Crippen LogP contribution in [-0.2, 0) is 4.79 Å². The third-order valence-electron chi connectivity index (χ3n) is 3.15. The van der Waals surface area contributed by atoms with E-state index in [1.54, 1.807) is 27.7 Å². The van der Waals surface area contributed by atoms with Crippen LogP contribution in [0.2, 0.25) is 0 Å². The fourth-order valence-corrected chi connectivity index (χ4v) is 1.33. The number of nitrogens with zero attached hydrogens (tertiary/aromatic N) is 2. The van der Waals surface area contributed by atoms with Crippen molar-refractivity contribution in [1.29, 1.82) is 0 Å². The van der Waals surface area contributed by atoms with Gasteiger partial charge in [-0.05, 0) is 27.7 Å². The Morgan fingerprint density at radius 2 is 1.93 bits per heavy atom. The highest BCUT2D eigenvalue weighted by atomic mass is 16.5. The SMILES string of the molecule is CC1(C)N(O)C(C(N)=O)=[N+]([O-])C1(C)C. The normalized spacial score (nSPS) is 24.2. The number of hydrogen-bond donors (Lipinski definition) is 2. The highest BCUT2D eigenvalue weighted by molar-refractivity contribution is 6.35. The van der Waals surface area contributed by atoms with Crippen molar-refractivity contribution in [3.05, 3.63) is 5.21 Å². The lowest BCUT2D eigenvalue weighted by atomic mass is 9.84. The molecule has 80 valence electrons. The first kappa shape index (κ1) is 10.8. The summed E-state index contributed by atoms with van der Waals surface area (Å²) in [6, 6.07) is 0. The lowest BCUT2D eigenvalue weighted by Gasteiger charge is -2.33. The third-order valence-corrected chi connectivity index (χ3v) is 3.15. The second kappa shape index (κ2) is 2.60. The van der Waals surface area contributed by atoms with Crippen molar-refractivity contribution in [2.45, 2.75) is 38.8 Å². The second-order valence-corrected chi connectivity index (χ2v) is 4.41. The number of carbonyl (C=O) groups is 1. The molecule has 0 aromatic rings. The topological polar surface area (TPSA) is 92.6 Å². The maximum absolute atomic E-state index is 11.7. The van der Waals surface area contributed by atoms with E-state index < -0.39 is 22.8 Å². The quantitative estimate of drug-likeness (QED) is 0.447. The van der Waals surface area contributed by atoms with Crippen LogP contribution in [0.4, 0.5) is 0 Å². The molecular formula is C8H15N3O3. The number of primary amides is 1. The van der Waals surface area contributed by atoms with Crippen LogP contribution in [-0.4, -0.2) is 37.8 Å². The molecule has 0 fully saturated rings. The van der Waals surface area contributed by atoms with Crippen molar-refractivity contribution in [2.75, 3.05) is 0 Å². The summed E-state index contributed by atoms with van der Waals surface area (Å²) in [4.78, 5) is 10.9. The fourth-order valence-electron chi connectivity index (χ4n) is 1.33. The van der Waals surface area contributed by atoms with E-state index in [4.69, 9.17) is 5.73 Å². The molecule has 0 unspecified atom stereocenters. The van der Waals surface area contributed by atoms with Gasteiger partial charge in [-0.15, -0.1) is 5.06 Å². The van der Waals surface area contributed by atoms with Crippen molar-refractivity contribution in [3.8, 4) is 0 Å². The molecule has 0 saturated heterocycles. The summed E-state index contributed by atoms with van der Waals surface area (Å²) in [7, 11) is 0. The van der Waals surface area contributed by atoms with Gasteiger partial charge in [0.2, 0.25) is 0 Å². The maximum atomic E-state index is 11.7. The molecule has 0 atom stereocenters. The Morgan fingerprint density at radius 1 is 1.50 bits per heavy atom. The number of carbonyl (C=O) groups excluding carboxylic acids is 1. The van der Waals surface area contributed by atoms with E-state index in [0.717, 1.165) is 0 Å². The Bertz CT molecular complexity index is 320. The largest absolute Gasteiger partial charge is 0.714 e. The van der Waals surface area contributed by atoms with Gasteiger partial charge in [0.1, 0.15) is 5.54 Å². The molecular weight excluding hydrogens is 186 g/mol. The zero-order valence-corrected chi connectivity index (χ0v) is 8.74. The summed E-state index contributed by atoms with van der Waals surface area (Å²) in [5.41, 5.74) is 3.23. The van der Waals surface area contributed by atoms with Crippen molar-refractivity contribution in [3.63, 3.8) is 0 Å². The number of amides is 1. The molecule has 0 aromatic carbocycles. The van der Waals surface area contributed by atoms with Gasteiger partial charge >= 0.3 is 11.7 Å². The molecule has 3 N–H and O–H groups in total. The van der Waals surface area contributed by atoms with Gasteiger partial charge in [0, 0.05) is 0 Å². The number of hydroxylamine groups is 3. The van der Waals surface area contributed by atoms with Gasteiger partial charge in [-0.25, -0.2) is 5.21 Å². The Balaban J connectivity index is 3.34. The van der Waals surface area contributed by atoms with Crippen molar-refractivity contribution in [1.82, 2.24) is 5.06 Å². The zero-order valence-electron chi connectivity index (χ0n) is 8.74. The zero-order chi connectivity index (χ0) is 11.3. The van der Waals surface area contributed by atoms with Crippen molar-refractivity contribution < 1.29 is 14.7 Å². The molecule has 6 heteroatoms. The first-order valence-corrected chi connectivity index (χ1v) is 4.27. The maximum Gasteiger partial charge on any atom is 0.372 e. The highest BCUT2D eigenvalue weighted by Crippen LogP contribution is 2.35. The minimum Gasteiger partial charge on any atom is -0.714 e. The minimum absolute atomic E-state index is 0.417. The minimum atomic E-state index is -0.929. The molecule has 1 rings (SSSR count). The van der Waals surface area contributed by atoms with E-state index in [2.05, 4.69) is 0 Å². The van der Waals surface area contributed by atoms with Crippen LogP contribution in [0.1, 0.15) is 27.7 Å². The fraction of sp³-hybridized carbons (Fsp3) is 0.750. The number of nitrogens with two attached hydrogens (primary N) is 1. The van der Waals surface area contributed by atoms with Gasteiger partial charge in [0.05, 0.1) is 0 Å².